The summed E-state index contributed by atoms with van der Waals surface area (Å²) in [5.74, 6) is 0.366. The second kappa shape index (κ2) is 10.4. The Kier molecular flexibility index (Phi) is 7.54. The minimum absolute atomic E-state index is 0.0466. The molecule has 2 amide bonds. The lowest BCUT2D eigenvalue weighted by Gasteiger charge is -2.51. The fourth-order valence-electron chi connectivity index (χ4n) is 6.36. The number of nitrogens with one attached hydrogen (secondary N) is 3. The van der Waals surface area contributed by atoms with E-state index in [-0.39, 0.29) is 29.6 Å². The van der Waals surface area contributed by atoms with E-state index in [4.69, 9.17) is 4.74 Å². The number of rotatable bonds is 7. The van der Waals surface area contributed by atoms with Crippen LogP contribution in [0.25, 0.3) is 0 Å². The molecule has 0 spiro atoms. The van der Waals surface area contributed by atoms with Crippen LogP contribution in [0.5, 0.6) is 0 Å². The van der Waals surface area contributed by atoms with Gasteiger partial charge in [-0.15, -0.1) is 0 Å². The Hall–Kier alpha value is -2.19. The Morgan fingerprint density at radius 3 is 2.58 bits per heavy atom. The van der Waals surface area contributed by atoms with E-state index in [1.807, 2.05) is 6.07 Å². The van der Waals surface area contributed by atoms with Crippen LogP contribution in [-0.4, -0.2) is 62.8 Å². The van der Waals surface area contributed by atoms with E-state index in [0.717, 1.165) is 70.4 Å². The second-order valence-electron chi connectivity index (χ2n) is 9.94. The molecular formula is C25H37FN4O3. The summed E-state index contributed by atoms with van der Waals surface area (Å²) in [5, 5.41) is 9.67. The molecule has 3 aliphatic rings. The highest BCUT2D eigenvalue weighted by Crippen LogP contribution is 2.49. The highest BCUT2D eigenvalue weighted by molar-refractivity contribution is 5.74. The maximum Gasteiger partial charge on any atom is 0.407 e. The first-order valence-corrected chi connectivity index (χ1v) is 12.2. The van der Waals surface area contributed by atoms with Crippen molar-refractivity contribution in [2.45, 2.75) is 50.6 Å². The number of carbonyl (C=O) groups excluding carboxylic acids is 2. The number of nitrogens with zero attached hydrogens (tertiary/aromatic N) is 1. The summed E-state index contributed by atoms with van der Waals surface area (Å²) in [6.45, 7) is 6.72. The molecule has 33 heavy (non-hydrogen) atoms. The summed E-state index contributed by atoms with van der Waals surface area (Å²) in [7, 11) is 1.36. The number of ether oxygens (including phenoxy) is 1. The monoisotopic (exact) mass is 460 g/mol. The van der Waals surface area contributed by atoms with Crippen molar-refractivity contribution in [3.05, 3.63) is 35.6 Å². The molecule has 1 aromatic carbocycles. The molecule has 182 valence electrons. The van der Waals surface area contributed by atoms with Crippen molar-refractivity contribution in [3.8, 4) is 0 Å². The molecule has 2 aliphatic heterocycles. The summed E-state index contributed by atoms with van der Waals surface area (Å²) in [5.41, 5.74) is 0.0446. The Balaban J connectivity index is 1.67. The van der Waals surface area contributed by atoms with Crippen LogP contribution in [-0.2, 0) is 15.1 Å². The van der Waals surface area contributed by atoms with Crippen molar-refractivity contribution >= 4 is 12.0 Å². The van der Waals surface area contributed by atoms with Crippen molar-refractivity contribution in [2.24, 2.45) is 17.8 Å². The third-order valence-corrected chi connectivity index (χ3v) is 7.89. The molecule has 0 bridgehead atoms. The van der Waals surface area contributed by atoms with E-state index in [9.17, 15) is 14.0 Å². The minimum Gasteiger partial charge on any atom is -0.453 e. The van der Waals surface area contributed by atoms with Crippen LogP contribution in [0.15, 0.2) is 24.3 Å². The number of amides is 2. The van der Waals surface area contributed by atoms with E-state index in [0.29, 0.717) is 5.92 Å². The summed E-state index contributed by atoms with van der Waals surface area (Å²) in [6.07, 6.45) is 3.95. The molecule has 0 radical (unpaired) electrons. The first-order valence-electron chi connectivity index (χ1n) is 12.2. The third kappa shape index (κ3) is 5.17. The first kappa shape index (κ1) is 24.0. The SMILES string of the molecule is COC(=O)N[C@H]1CCC[C@@H]1C(NC(C)=O)(c1cccc(F)c1)C1CCN(CC2CNC2)CC1. The third-order valence-electron chi connectivity index (χ3n) is 7.89. The number of hydrogen-bond acceptors (Lipinski definition) is 5. The van der Waals surface area contributed by atoms with E-state index in [2.05, 4.69) is 20.9 Å². The Bertz CT molecular complexity index is 841. The smallest absolute Gasteiger partial charge is 0.407 e. The number of likely N-dealkylation sites (tertiary alicyclic amines) is 1. The highest BCUT2D eigenvalue weighted by Gasteiger charge is 2.52. The van der Waals surface area contributed by atoms with E-state index in [1.165, 1.54) is 20.1 Å². The van der Waals surface area contributed by atoms with E-state index in [1.54, 1.807) is 12.1 Å². The summed E-state index contributed by atoms with van der Waals surface area (Å²) < 4.78 is 19.4. The van der Waals surface area contributed by atoms with Crippen molar-refractivity contribution in [2.75, 3.05) is 39.8 Å². The summed E-state index contributed by atoms with van der Waals surface area (Å²) in [6, 6.07) is 6.51. The van der Waals surface area contributed by atoms with Gasteiger partial charge in [0.15, 0.2) is 0 Å². The molecule has 8 heteroatoms. The quantitative estimate of drug-likeness (QED) is 0.583. The normalized spacial score (nSPS) is 26.3. The van der Waals surface area contributed by atoms with Gasteiger partial charge in [-0.05, 0) is 68.3 Å². The molecule has 2 heterocycles. The number of alkyl carbamates (subject to hydrolysis) is 1. The predicted octanol–water partition coefficient (Wildman–Crippen LogP) is 2.61. The Labute approximate surface area is 195 Å². The van der Waals surface area contributed by atoms with Gasteiger partial charge in [-0.2, -0.15) is 0 Å². The van der Waals surface area contributed by atoms with Crippen molar-refractivity contribution < 1.29 is 18.7 Å². The standard InChI is InChI=1S/C25H37FN4O3/c1-17(31)29-25(20-5-3-6-21(26)13-20,22-7-4-8-23(22)28-24(32)33-2)19-9-11-30(12-10-19)16-18-14-27-15-18/h3,5-6,13,18-19,22-23,27H,4,7-12,14-16H2,1-2H3,(H,28,32)(H,29,31)/t22-,23-,25?/m0/s1. The van der Waals surface area contributed by atoms with Crippen molar-refractivity contribution in [1.82, 2.24) is 20.9 Å². The zero-order valence-corrected chi connectivity index (χ0v) is 19.7. The predicted molar refractivity (Wildman–Crippen MR) is 124 cm³/mol. The van der Waals surface area contributed by atoms with E-state index >= 15 is 0 Å². The molecule has 3 fully saturated rings. The van der Waals surface area contributed by atoms with E-state index < -0.39 is 11.6 Å². The van der Waals surface area contributed by atoms with Gasteiger partial charge in [-0.3, -0.25) is 4.79 Å². The van der Waals surface area contributed by atoms with Crippen LogP contribution >= 0.6 is 0 Å². The average Bonchev–Trinajstić information content (AvgIpc) is 3.23. The lowest BCUT2D eigenvalue weighted by molar-refractivity contribution is -0.123. The maximum atomic E-state index is 14.5. The molecule has 1 aromatic rings. The molecule has 3 N–H and O–H groups in total. The van der Waals surface area contributed by atoms with Crippen molar-refractivity contribution in [1.29, 1.82) is 0 Å². The number of benzene rings is 1. The van der Waals surface area contributed by atoms with Crippen molar-refractivity contribution in [3.63, 3.8) is 0 Å². The van der Waals surface area contributed by atoms with Gasteiger partial charge in [-0.1, -0.05) is 18.6 Å². The fraction of sp³-hybridized carbons (Fsp3) is 0.680. The van der Waals surface area contributed by atoms with Crippen LogP contribution in [0.3, 0.4) is 0 Å². The number of carbonyl (C=O) groups is 2. The van der Waals surface area contributed by atoms with Crippen LogP contribution in [0.2, 0.25) is 0 Å². The number of piperidine rings is 1. The summed E-state index contributed by atoms with van der Waals surface area (Å²) in [4.78, 5) is 27.3. The molecule has 4 rings (SSSR count). The number of halogens is 1. The van der Waals surface area contributed by atoms with Gasteiger partial charge in [0.25, 0.3) is 0 Å². The molecule has 1 saturated carbocycles. The van der Waals surface area contributed by atoms with Gasteiger partial charge < -0.3 is 25.6 Å². The van der Waals surface area contributed by atoms with Crippen LogP contribution in [0.1, 0.15) is 44.6 Å². The lowest BCUT2D eigenvalue weighted by Crippen LogP contribution is -2.61. The largest absolute Gasteiger partial charge is 0.453 e. The van der Waals surface area contributed by atoms with Gasteiger partial charge in [0, 0.05) is 38.5 Å². The van der Waals surface area contributed by atoms with Gasteiger partial charge in [0.05, 0.1) is 12.6 Å². The number of hydrogen-bond donors (Lipinski definition) is 3. The average molecular weight is 461 g/mol. The Morgan fingerprint density at radius 2 is 1.97 bits per heavy atom. The molecule has 0 aromatic heterocycles. The van der Waals surface area contributed by atoms with Crippen LogP contribution in [0, 0.1) is 23.6 Å². The molecule has 2 saturated heterocycles. The minimum atomic E-state index is -0.750. The molecule has 7 nitrogen and oxygen atoms in total. The zero-order valence-electron chi connectivity index (χ0n) is 19.7. The molecule has 3 atom stereocenters. The highest BCUT2D eigenvalue weighted by atomic mass is 19.1. The van der Waals surface area contributed by atoms with Crippen LogP contribution in [0.4, 0.5) is 9.18 Å². The van der Waals surface area contributed by atoms with Gasteiger partial charge in [0.1, 0.15) is 5.82 Å². The molecule has 1 unspecified atom stereocenters. The topological polar surface area (TPSA) is 82.7 Å². The lowest BCUT2D eigenvalue weighted by atomic mass is 9.64. The van der Waals surface area contributed by atoms with Gasteiger partial charge in [0.2, 0.25) is 5.91 Å². The fourth-order valence-corrected chi connectivity index (χ4v) is 6.36. The second-order valence-corrected chi connectivity index (χ2v) is 9.94. The zero-order chi connectivity index (χ0) is 23.4. The molecule has 1 aliphatic carbocycles. The first-order chi connectivity index (χ1) is 15.9. The van der Waals surface area contributed by atoms with Crippen LogP contribution < -0.4 is 16.0 Å². The molecular weight excluding hydrogens is 423 g/mol. The Morgan fingerprint density at radius 1 is 1.21 bits per heavy atom. The van der Waals surface area contributed by atoms with Gasteiger partial charge >= 0.3 is 6.09 Å². The maximum absolute atomic E-state index is 14.5. The summed E-state index contributed by atoms with van der Waals surface area (Å²) >= 11 is 0. The van der Waals surface area contributed by atoms with Gasteiger partial charge in [-0.25, -0.2) is 9.18 Å². The number of methoxy groups -OCH3 is 1.